The first kappa shape index (κ1) is 25.2. The van der Waals surface area contributed by atoms with Gasteiger partial charge in [-0.3, -0.25) is 9.36 Å². The minimum atomic E-state index is -3.94. The van der Waals surface area contributed by atoms with Crippen LogP contribution in [0.2, 0.25) is 10.0 Å². The van der Waals surface area contributed by atoms with Gasteiger partial charge in [0.1, 0.15) is 6.04 Å². The van der Waals surface area contributed by atoms with Gasteiger partial charge in [0.15, 0.2) is 5.03 Å². The highest BCUT2D eigenvalue weighted by Gasteiger charge is 2.43. The molecule has 1 atom stereocenters. The monoisotopic (exact) mass is 586 g/mol. The van der Waals surface area contributed by atoms with Crippen molar-refractivity contribution in [2.24, 2.45) is 0 Å². The van der Waals surface area contributed by atoms with Crippen LogP contribution in [0.1, 0.15) is 18.0 Å². The van der Waals surface area contributed by atoms with Crippen molar-refractivity contribution in [1.29, 1.82) is 0 Å². The molecule has 1 aliphatic rings. The summed E-state index contributed by atoms with van der Waals surface area (Å²) in [5.41, 5.74) is 1.27. The summed E-state index contributed by atoms with van der Waals surface area (Å²) in [6.07, 6.45) is 2.03. The van der Waals surface area contributed by atoms with E-state index in [1.807, 2.05) is 24.3 Å². The van der Waals surface area contributed by atoms with E-state index < -0.39 is 16.1 Å². The van der Waals surface area contributed by atoms with Crippen LogP contribution in [0.25, 0.3) is 0 Å². The van der Waals surface area contributed by atoms with E-state index in [2.05, 4.69) is 25.6 Å². The van der Waals surface area contributed by atoms with Crippen LogP contribution in [-0.4, -0.2) is 44.1 Å². The highest BCUT2D eigenvalue weighted by molar-refractivity contribution is 9.10. The zero-order chi connectivity index (χ0) is 24.5. The van der Waals surface area contributed by atoms with Gasteiger partial charge in [-0.2, -0.15) is 0 Å². The fourth-order valence-corrected chi connectivity index (χ4v) is 5.78. The highest BCUT2D eigenvalue weighted by Crippen LogP contribution is 2.41. The van der Waals surface area contributed by atoms with Crippen LogP contribution in [0, 0.1) is 0 Å². The Morgan fingerprint density at radius 1 is 1.15 bits per heavy atom. The minimum Gasteiger partial charge on any atom is -0.385 e. The van der Waals surface area contributed by atoms with Crippen LogP contribution in [0.4, 0.5) is 11.6 Å². The first-order valence-corrected chi connectivity index (χ1v) is 13.3. The molecule has 0 aliphatic carbocycles. The summed E-state index contributed by atoms with van der Waals surface area (Å²) in [5.74, 6) is -0.150. The first-order valence-electron chi connectivity index (χ1n) is 10.3. The Bertz CT molecular complexity index is 1290. The van der Waals surface area contributed by atoms with Gasteiger partial charge in [0, 0.05) is 41.2 Å². The number of fused-ring (bicyclic) bond motifs is 1. The maximum Gasteiger partial charge on any atom is 0.257 e. The van der Waals surface area contributed by atoms with Crippen molar-refractivity contribution in [2.45, 2.75) is 23.9 Å². The van der Waals surface area contributed by atoms with E-state index in [1.165, 1.54) is 15.7 Å². The molecule has 34 heavy (non-hydrogen) atoms. The van der Waals surface area contributed by atoms with Crippen molar-refractivity contribution in [2.75, 3.05) is 25.2 Å². The summed E-state index contributed by atoms with van der Waals surface area (Å²) < 4.78 is 36.1. The number of carbonyl (C=O) groups excluding carboxylic acids is 1. The number of methoxy groups -OCH3 is 1. The molecule has 1 N–H and O–H groups in total. The van der Waals surface area contributed by atoms with E-state index in [1.54, 1.807) is 25.3 Å². The predicted molar refractivity (Wildman–Crippen MR) is 134 cm³/mol. The number of benzene rings is 2. The molecule has 0 saturated heterocycles. The second-order valence-electron chi connectivity index (χ2n) is 7.66. The molecule has 4 rings (SSSR count). The second kappa shape index (κ2) is 10.3. The van der Waals surface area contributed by atoms with E-state index in [0.717, 1.165) is 10.0 Å². The smallest absolute Gasteiger partial charge is 0.257 e. The zero-order valence-corrected chi connectivity index (χ0v) is 22.0. The summed E-state index contributed by atoms with van der Waals surface area (Å²) >= 11 is 15.8. The lowest BCUT2D eigenvalue weighted by Gasteiger charge is -2.17. The Hall–Kier alpha value is -1.95. The molecule has 1 amide bonds. The van der Waals surface area contributed by atoms with E-state index in [9.17, 15) is 13.2 Å². The molecule has 12 heteroatoms. The van der Waals surface area contributed by atoms with Crippen molar-refractivity contribution in [3.05, 3.63) is 68.7 Å². The summed E-state index contributed by atoms with van der Waals surface area (Å²) in [7, 11) is -2.39. The average molecular weight is 588 g/mol. The van der Waals surface area contributed by atoms with Crippen LogP contribution in [0.3, 0.4) is 0 Å². The lowest BCUT2D eigenvalue weighted by molar-refractivity contribution is -0.119. The Labute approximate surface area is 216 Å². The van der Waals surface area contributed by atoms with Gasteiger partial charge in [-0.15, -0.1) is 0 Å². The van der Waals surface area contributed by atoms with Crippen molar-refractivity contribution in [3.8, 4) is 0 Å². The third kappa shape index (κ3) is 5.17. The van der Waals surface area contributed by atoms with Gasteiger partial charge in [0.25, 0.3) is 15.9 Å². The number of hydrogen-bond acceptors (Lipinski definition) is 5. The van der Waals surface area contributed by atoms with E-state index in [0.29, 0.717) is 28.8 Å². The molecule has 0 radical (unpaired) electrons. The quantitative estimate of drug-likeness (QED) is 0.365. The molecular weight excluding hydrogens is 567 g/mol. The van der Waals surface area contributed by atoms with E-state index in [-0.39, 0.29) is 29.8 Å². The average Bonchev–Trinajstić information content (AvgIpc) is 3.31. The van der Waals surface area contributed by atoms with Gasteiger partial charge in [-0.25, -0.2) is 23.0 Å². The normalized spacial score (nSPS) is 15.7. The topological polar surface area (TPSA) is 93.5 Å². The zero-order valence-electron chi connectivity index (χ0n) is 18.0. The molecule has 1 aliphatic heterocycles. The van der Waals surface area contributed by atoms with Crippen molar-refractivity contribution in [3.63, 3.8) is 0 Å². The molecule has 1 unspecified atom stereocenters. The molecule has 2 heterocycles. The molecule has 0 fully saturated rings. The van der Waals surface area contributed by atoms with Gasteiger partial charge in [-0.05, 0) is 42.3 Å². The lowest BCUT2D eigenvalue weighted by Crippen LogP contribution is -2.30. The molecule has 0 bridgehead atoms. The van der Waals surface area contributed by atoms with Crippen LogP contribution >= 0.6 is 39.1 Å². The van der Waals surface area contributed by atoms with Crippen molar-refractivity contribution < 1.29 is 17.9 Å². The number of anilines is 2. The fraction of sp³-hybridized carbons (Fsp3) is 0.273. The number of nitrogens with zero attached hydrogens (tertiary/aromatic N) is 3. The number of imidazole rings is 1. The Morgan fingerprint density at radius 3 is 2.47 bits per heavy atom. The first-order chi connectivity index (χ1) is 16.2. The van der Waals surface area contributed by atoms with Gasteiger partial charge in [0.05, 0.1) is 11.9 Å². The summed E-state index contributed by atoms with van der Waals surface area (Å²) in [6, 6.07) is 11.4. The number of sulfonamides is 1. The highest BCUT2D eigenvalue weighted by atomic mass is 79.9. The van der Waals surface area contributed by atoms with Gasteiger partial charge in [-0.1, -0.05) is 51.3 Å². The molecule has 0 saturated carbocycles. The standard InChI is InChI=1S/C22H21BrCl2N4O4S/c1-33-8-2-7-27-34(31,32)20-13-26-22-28(18-11-16(24)10-17(25)12-18)21(30)19(29(20)22)9-14-3-5-15(23)6-4-14/h3-6,10-13,19,27H,2,7-9H2,1H3. The number of amides is 1. The molecule has 3 aromatic rings. The molecular formula is C22H21BrCl2N4O4S. The number of halogens is 3. The van der Waals surface area contributed by atoms with Crippen LogP contribution in [0.5, 0.6) is 0 Å². The molecule has 0 spiro atoms. The van der Waals surface area contributed by atoms with E-state index in [4.69, 9.17) is 27.9 Å². The predicted octanol–water partition coefficient (Wildman–Crippen LogP) is 4.73. The van der Waals surface area contributed by atoms with Crippen LogP contribution in [0.15, 0.2) is 58.2 Å². The number of aromatic nitrogens is 2. The maximum absolute atomic E-state index is 13.6. The Morgan fingerprint density at radius 2 is 1.82 bits per heavy atom. The third-order valence-electron chi connectivity index (χ3n) is 5.30. The summed E-state index contributed by atoms with van der Waals surface area (Å²) in [6.45, 7) is 0.608. The Balaban J connectivity index is 1.77. The lowest BCUT2D eigenvalue weighted by atomic mass is 10.1. The number of nitrogens with one attached hydrogen (secondary N) is 1. The SMILES string of the molecule is COCCCNS(=O)(=O)c1cnc2n1C(Cc1ccc(Br)cc1)C(=O)N2c1cc(Cl)cc(Cl)c1. The molecule has 2 aromatic carbocycles. The third-order valence-corrected chi connectivity index (χ3v) is 7.70. The second-order valence-corrected chi connectivity index (χ2v) is 11.2. The van der Waals surface area contributed by atoms with Crippen LogP contribution in [-0.2, 0) is 26.0 Å². The molecule has 180 valence electrons. The summed E-state index contributed by atoms with van der Waals surface area (Å²) in [5, 5.41) is 0.598. The van der Waals surface area contributed by atoms with Crippen molar-refractivity contribution in [1.82, 2.24) is 14.3 Å². The molecule has 8 nitrogen and oxygen atoms in total. The summed E-state index contributed by atoms with van der Waals surface area (Å²) in [4.78, 5) is 19.3. The minimum absolute atomic E-state index is 0.0917. The van der Waals surface area contributed by atoms with Gasteiger partial charge < -0.3 is 4.74 Å². The van der Waals surface area contributed by atoms with Gasteiger partial charge >= 0.3 is 0 Å². The van der Waals surface area contributed by atoms with E-state index >= 15 is 0 Å². The van der Waals surface area contributed by atoms with Crippen molar-refractivity contribution >= 4 is 66.7 Å². The Kier molecular flexibility index (Phi) is 7.66. The number of rotatable bonds is 9. The number of hydrogen-bond donors (Lipinski definition) is 1. The maximum atomic E-state index is 13.6. The number of ether oxygens (including phenoxy) is 1. The molecule has 1 aromatic heterocycles. The largest absolute Gasteiger partial charge is 0.385 e. The fourth-order valence-electron chi connectivity index (χ4n) is 3.78. The number of carbonyl (C=O) groups is 1. The van der Waals surface area contributed by atoms with Crippen LogP contribution < -0.4 is 9.62 Å². The van der Waals surface area contributed by atoms with Gasteiger partial charge in [0.2, 0.25) is 5.95 Å².